The summed E-state index contributed by atoms with van der Waals surface area (Å²) in [5.41, 5.74) is 0. The van der Waals surface area contributed by atoms with Gasteiger partial charge in [-0.2, -0.15) is 13.2 Å². The van der Waals surface area contributed by atoms with Crippen molar-refractivity contribution >= 4 is 5.97 Å². The van der Waals surface area contributed by atoms with Crippen LogP contribution in [0.4, 0.5) is 13.2 Å². The van der Waals surface area contributed by atoms with Gasteiger partial charge in [-0.25, -0.2) is 4.79 Å². The van der Waals surface area contributed by atoms with E-state index in [1.165, 1.54) is 19.5 Å². The zero-order chi connectivity index (χ0) is 12.2. The standard InChI is InChI=1S/C7H13NO.C2HF3O2/c1(6-2-8-3-6)7-4-9-5-7;3-2(4,5)1(6)7/h6-8H,1-5H2;(H,6,7). The topological polar surface area (TPSA) is 58.6 Å². The first-order chi connectivity index (χ1) is 7.39. The summed E-state index contributed by atoms with van der Waals surface area (Å²) < 4.78 is 36.8. The van der Waals surface area contributed by atoms with Crippen LogP contribution in [0.2, 0.25) is 0 Å². The Morgan fingerprint density at radius 1 is 1.31 bits per heavy atom. The van der Waals surface area contributed by atoms with Crippen LogP contribution in [-0.4, -0.2) is 43.6 Å². The van der Waals surface area contributed by atoms with E-state index in [1.807, 2.05) is 0 Å². The Labute approximate surface area is 90.8 Å². The van der Waals surface area contributed by atoms with Gasteiger partial charge in [0.1, 0.15) is 0 Å². The first kappa shape index (κ1) is 13.2. The number of carboxylic acids is 1. The minimum absolute atomic E-state index is 0.900. The average molecular weight is 241 g/mol. The Balaban J connectivity index is 0.000000168. The van der Waals surface area contributed by atoms with Gasteiger partial charge in [-0.05, 0) is 25.4 Å². The summed E-state index contributed by atoms with van der Waals surface area (Å²) in [5.74, 6) is -0.886. The summed E-state index contributed by atoms with van der Waals surface area (Å²) in [5, 5.41) is 10.4. The van der Waals surface area contributed by atoms with E-state index in [9.17, 15) is 13.2 Å². The maximum atomic E-state index is 10.6. The van der Waals surface area contributed by atoms with E-state index in [2.05, 4.69) is 5.32 Å². The lowest BCUT2D eigenvalue weighted by Crippen LogP contribution is -2.45. The van der Waals surface area contributed by atoms with E-state index in [-0.39, 0.29) is 0 Å². The summed E-state index contributed by atoms with van der Waals surface area (Å²) >= 11 is 0. The van der Waals surface area contributed by atoms with Crippen molar-refractivity contribution in [2.45, 2.75) is 12.6 Å². The number of carboxylic acid groups (broad SMARTS) is 1. The summed E-state index contributed by atoms with van der Waals surface area (Å²) in [6.07, 6.45) is -3.69. The Morgan fingerprint density at radius 3 is 2.00 bits per heavy atom. The lowest BCUT2D eigenvalue weighted by molar-refractivity contribution is -0.192. The van der Waals surface area contributed by atoms with Crippen LogP contribution < -0.4 is 5.32 Å². The molecule has 2 fully saturated rings. The van der Waals surface area contributed by atoms with Crippen LogP contribution in [0.3, 0.4) is 0 Å². The second-order valence-electron chi connectivity index (χ2n) is 3.97. The fourth-order valence-corrected chi connectivity index (χ4v) is 1.41. The molecule has 0 aromatic rings. The zero-order valence-corrected chi connectivity index (χ0v) is 8.59. The van der Waals surface area contributed by atoms with Gasteiger partial charge in [-0.3, -0.25) is 0 Å². The molecule has 7 heteroatoms. The Kier molecular flexibility index (Phi) is 4.55. The molecule has 0 aromatic carbocycles. The fourth-order valence-electron chi connectivity index (χ4n) is 1.41. The van der Waals surface area contributed by atoms with Gasteiger partial charge in [0.15, 0.2) is 0 Å². The molecule has 2 aliphatic rings. The lowest BCUT2D eigenvalue weighted by atomic mass is 9.89. The van der Waals surface area contributed by atoms with E-state index in [1.54, 1.807) is 0 Å². The maximum absolute atomic E-state index is 10.6. The fraction of sp³-hybridized carbons (Fsp3) is 0.889. The highest BCUT2D eigenvalue weighted by Crippen LogP contribution is 2.21. The third kappa shape index (κ3) is 4.36. The van der Waals surface area contributed by atoms with Crippen molar-refractivity contribution < 1.29 is 27.8 Å². The molecule has 0 saturated carbocycles. The van der Waals surface area contributed by atoms with Gasteiger partial charge in [0, 0.05) is 5.92 Å². The highest BCUT2D eigenvalue weighted by molar-refractivity contribution is 5.73. The zero-order valence-electron chi connectivity index (χ0n) is 8.59. The van der Waals surface area contributed by atoms with Crippen molar-refractivity contribution in [3.63, 3.8) is 0 Å². The molecule has 2 N–H and O–H groups in total. The number of alkyl halides is 3. The molecule has 0 atom stereocenters. The van der Waals surface area contributed by atoms with Gasteiger partial charge in [0.05, 0.1) is 13.2 Å². The second kappa shape index (κ2) is 5.49. The Hall–Kier alpha value is -0.820. The highest BCUT2D eigenvalue weighted by Gasteiger charge is 2.38. The molecule has 2 aliphatic heterocycles. The van der Waals surface area contributed by atoms with Crippen LogP contribution in [-0.2, 0) is 9.53 Å². The molecule has 94 valence electrons. The molecule has 0 aromatic heterocycles. The highest BCUT2D eigenvalue weighted by atomic mass is 19.4. The lowest BCUT2D eigenvalue weighted by Gasteiger charge is -2.34. The summed E-state index contributed by atoms with van der Waals surface area (Å²) in [6.45, 7) is 4.54. The molecule has 16 heavy (non-hydrogen) atoms. The van der Waals surface area contributed by atoms with Crippen LogP contribution in [0.1, 0.15) is 6.42 Å². The maximum Gasteiger partial charge on any atom is 0.490 e. The minimum Gasteiger partial charge on any atom is -0.475 e. The molecular weight excluding hydrogens is 227 g/mol. The number of nitrogens with one attached hydrogen (secondary N) is 1. The van der Waals surface area contributed by atoms with Crippen LogP contribution in [0.15, 0.2) is 0 Å². The minimum atomic E-state index is -5.08. The van der Waals surface area contributed by atoms with Gasteiger partial charge < -0.3 is 15.2 Å². The van der Waals surface area contributed by atoms with Crippen molar-refractivity contribution in [3.05, 3.63) is 0 Å². The summed E-state index contributed by atoms with van der Waals surface area (Å²) in [6, 6.07) is 0. The number of hydrogen-bond donors (Lipinski definition) is 2. The van der Waals surface area contributed by atoms with E-state index in [0.717, 1.165) is 25.0 Å². The first-order valence-electron chi connectivity index (χ1n) is 4.98. The molecule has 0 bridgehead atoms. The van der Waals surface area contributed by atoms with Gasteiger partial charge in [0.25, 0.3) is 0 Å². The van der Waals surface area contributed by atoms with Crippen molar-refractivity contribution in [2.24, 2.45) is 11.8 Å². The van der Waals surface area contributed by atoms with E-state index < -0.39 is 12.1 Å². The largest absolute Gasteiger partial charge is 0.490 e. The average Bonchev–Trinajstić information content (AvgIpc) is 1.97. The molecule has 4 nitrogen and oxygen atoms in total. The number of hydrogen-bond acceptors (Lipinski definition) is 3. The van der Waals surface area contributed by atoms with Crippen molar-refractivity contribution in [2.75, 3.05) is 26.3 Å². The summed E-state index contributed by atoms with van der Waals surface area (Å²) in [4.78, 5) is 8.90. The van der Waals surface area contributed by atoms with Crippen LogP contribution in [0.25, 0.3) is 0 Å². The molecule has 0 spiro atoms. The molecule has 0 amide bonds. The number of ether oxygens (including phenoxy) is 1. The number of aliphatic carboxylic acids is 1. The molecule has 2 heterocycles. The van der Waals surface area contributed by atoms with Crippen LogP contribution in [0, 0.1) is 11.8 Å². The second-order valence-corrected chi connectivity index (χ2v) is 3.97. The molecule has 0 aliphatic carbocycles. The van der Waals surface area contributed by atoms with E-state index >= 15 is 0 Å². The van der Waals surface area contributed by atoms with Gasteiger partial charge in [-0.15, -0.1) is 0 Å². The van der Waals surface area contributed by atoms with E-state index in [0.29, 0.717) is 0 Å². The third-order valence-electron chi connectivity index (χ3n) is 2.48. The third-order valence-corrected chi connectivity index (χ3v) is 2.48. The molecule has 0 radical (unpaired) electrons. The normalized spacial score (nSPS) is 21.4. The number of carbonyl (C=O) groups is 1. The number of halogens is 3. The quantitative estimate of drug-likeness (QED) is 0.753. The van der Waals surface area contributed by atoms with Crippen LogP contribution >= 0.6 is 0 Å². The predicted octanol–water partition coefficient (Wildman–Crippen LogP) is 0.876. The molecule has 2 rings (SSSR count). The predicted molar refractivity (Wildman–Crippen MR) is 49.0 cm³/mol. The molecular formula is C9H14F3NO3. The van der Waals surface area contributed by atoms with Gasteiger partial charge >= 0.3 is 12.1 Å². The van der Waals surface area contributed by atoms with E-state index in [4.69, 9.17) is 14.6 Å². The first-order valence-corrected chi connectivity index (χ1v) is 4.98. The monoisotopic (exact) mass is 241 g/mol. The van der Waals surface area contributed by atoms with Crippen molar-refractivity contribution in [1.82, 2.24) is 5.32 Å². The summed E-state index contributed by atoms with van der Waals surface area (Å²) in [7, 11) is 0. The number of rotatable bonds is 2. The Bertz CT molecular complexity index is 225. The molecule has 2 saturated heterocycles. The SMILES string of the molecule is C1NCC1CC1COC1.O=C(O)C(F)(F)F. The Morgan fingerprint density at radius 2 is 1.81 bits per heavy atom. The van der Waals surface area contributed by atoms with Crippen molar-refractivity contribution in [3.8, 4) is 0 Å². The van der Waals surface area contributed by atoms with Gasteiger partial charge in [-0.1, -0.05) is 0 Å². The van der Waals surface area contributed by atoms with Gasteiger partial charge in [0.2, 0.25) is 0 Å². The van der Waals surface area contributed by atoms with Crippen LogP contribution in [0.5, 0.6) is 0 Å². The smallest absolute Gasteiger partial charge is 0.475 e. The van der Waals surface area contributed by atoms with Crippen molar-refractivity contribution in [1.29, 1.82) is 0 Å². The molecule has 0 unspecified atom stereocenters.